The molecule has 0 aliphatic rings. The van der Waals surface area contributed by atoms with Gasteiger partial charge in [0.1, 0.15) is 5.15 Å². The Morgan fingerprint density at radius 3 is 2.30 bits per heavy atom. The molecule has 0 saturated carbocycles. The predicted octanol–water partition coefficient (Wildman–Crippen LogP) is 0.0398. The number of halogens is 1. The first kappa shape index (κ1) is 19.1. The number of nitrogen functional groups attached to an aromatic ring is 1. The molecule has 0 spiro atoms. The van der Waals surface area contributed by atoms with Crippen molar-refractivity contribution in [2.75, 3.05) is 10.5 Å². The Hall–Kier alpha value is -0.900. The first-order chi connectivity index (χ1) is 8.47. The Bertz CT molecular complexity index is 666. The van der Waals surface area contributed by atoms with Gasteiger partial charge in [0.2, 0.25) is 0 Å². The molecule has 7 nitrogen and oxygen atoms in total. The summed E-state index contributed by atoms with van der Waals surface area (Å²) >= 11 is 5.62. The molecule has 0 amide bonds. The molecule has 2 rings (SSSR count). The van der Waals surface area contributed by atoms with Crippen molar-refractivity contribution in [3.8, 4) is 0 Å². The monoisotopic (exact) mass is 326 g/mol. The number of aromatic nitrogens is 2. The van der Waals surface area contributed by atoms with Crippen LogP contribution in [0.3, 0.4) is 0 Å². The van der Waals surface area contributed by atoms with E-state index >= 15 is 0 Å². The van der Waals surface area contributed by atoms with Crippen molar-refractivity contribution in [2.45, 2.75) is 4.90 Å². The van der Waals surface area contributed by atoms with Crippen LogP contribution in [0.5, 0.6) is 0 Å². The third kappa shape index (κ3) is 4.89. The minimum atomic E-state index is -3.71. The molecule has 20 heavy (non-hydrogen) atoms. The second-order valence-electron chi connectivity index (χ2n) is 3.40. The van der Waals surface area contributed by atoms with Crippen molar-refractivity contribution in [3.05, 3.63) is 41.8 Å². The quantitative estimate of drug-likeness (QED) is 0.607. The Kier molecular flexibility index (Phi) is 7.42. The fourth-order valence-corrected chi connectivity index (χ4v) is 2.37. The van der Waals surface area contributed by atoms with Crippen molar-refractivity contribution in [3.63, 3.8) is 0 Å². The summed E-state index contributed by atoms with van der Waals surface area (Å²) in [6.45, 7) is 0. The zero-order valence-corrected chi connectivity index (χ0v) is 11.1. The van der Waals surface area contributed by atoms with Crippen molar-refractivity contribution in [2.24, 2.45) is 0 Å². The van der Waals surface area contributed by atoms with Gasteiger partial charge in [0.25, 0.3) is 10.0 Å². The number of anilines is 2. The predicted molar refractivity (Wildman–Crippen MR) is 79.5 cm³/mol. The van der Waals surface area contributed by atoms with Crippen LogP contribution in [0.2, 0.25) is 5.15 Å². The Balaban J connectivity index is 0.00000180. The second kappa shape index (κ2) is 7.77. The zero-order valence-electron chi connectivity index (χ0n) is 9.54. The van der Waals surface area contributed by atoms with E-state index in [1.165, 1.54) is 36.7 Å². The normalized spacial score (nSPS) is 10.1. The number of sulfonamides is 1. The molecule has 0 aliphatic carbocycles. The van der Waals surface area contributed by atoms with E-state index in [1.807, 2.05) is 0 Å². The fourth-order valence-electron chi connectivity index (χ4n) is 1.23. The number of hydrogen-bond donors (Lipinski definition) is 2. The molecule has 1 aromatic heterocycles. The molecule has 0 unspecified atom stereocenters. The van der Waals surface area contributed by atoms with Crippen LogP contribution in [0.25, 0.3) is 0 Å². The van der Waals surface area contributed by atoms with Gasteiger partial charge in [-0.15, -0.1) is 0 Å². The van der Waals surface area contributed by atoms with Crippen molar-refractivity contribution < 1.29 is 13.9 Å². The SMILES string of the molecule is Nc1ccc(S(=O)(=O)Nc2cncc(Cl)n2)cc1.O.[NaH]. The van der Waals surface area contributed by atoms with Crippen LogP contribution in [0, 0.1) is 0 Å². The third-order valence-corrected chi connectivity index (χ3v) is 3.59. The van der Waals surface area contributed by atoms with Crippen LogP contribution in [-0.4, -0.2) is 53.4 Å². The van der Waals surface area contributed by atoms with Gasteiger partial charge in [0, 0.05) is 5.69 Å². The average molecular weight is 327 g/mol. The van der Waals surface area contributed by atoms with E-state index in [2.05, 4.69) is 14.7 Å². The molecule has 104 valence electrons. The summed E-state index contributed by atoms with van der Waals surface area (Å²) in [7, 11) is -3.71. The molecule has 2 aromatic rings. The molecule has 10 heteroatoms. The fraction of sp³-hybridized carbons (Fsp3) is 0. The number of hydrogen-bond acceptors (Lipinski definition) is 5. The standard InChI is InChI=1S/C10H9ClN4O2S.Na.H2O.H/c11-9-5-13-6-10(14-9)15-18(16,17)8-3-1-7(12)2-4-8;;;/h1-6H,12H2,(H,14,15);;1H2;. The van der Waals surface area contributed by atoms with Gasteiger partial charge in [-0.3, -0.25) is 9.71 Å². The van der Waals surface area contributed by atoms with Crippen molar-refractivity contribution in [1.82, 2.24) is 9.97 Å². The number of benzene rings is 1. The molecule has 5 N–H and O–H groups in total. The maximum absolute atomic E-state index is 12.0. The number of nitrogens with two attached hydrogens (primary N) is 1. The van der Waals surface area contributed by atoms with Gasteiger partial charge in [0.15, 0.2) is 5.82 Å². The molecule has 0 saturated heterocycles. The van der Waals surface area contributed by atoms with Gasteiger partial charge in [-0.1, -0.05) is 11.6 Å². The third-order valence-electron chi connectivity index (χ3n) is 2.03. The summed E-state index contributed by atoms with van der Waals surface area (Å²) in [5.41, 5.74) is 5.97. The van der Waals surface area contributed by atoms with Crippen molar-refractivity contribution in [1.29, 1.82) is 0 Å². The van der Waals surface area contributed by atoms with Crippen LogP contribution < -0.4 is 10.5 Å². The summed E-state index contributed by atoms with van der Waals surface area (Å²) in [6, 6.07) is 5.79. The minimum absolute atomic E-state index is 0. The Labute approximate surface area is 143 Å². The summed E-state index contributed by atoms with van der Waals surface area (Å²) in [6.07, 6.45) is 2.57. The van der Waals surface area contributed by atoms with Gasteiger partial charge in [-0.05, 0) is 24.3 Å². The van der Waals surface area contributed by atoms with Crippen LogP contribution in [0.4, 0.5) is 11.5 Å². The Morgan fingerprint density at radius 2 is 1.75 bits per heavy atom. The number of nitrogens with one attached hydrogen (secondary N) is 1. The average Bonchev–Trinajstić information content (AvgIpc) is 2.29. The van der Waals surface area contributed by atoms with Gasteiger partial charge < -0.3 is 11.2 Å². The summed E-state index contributed by atoms with van der Waals surface area (Å²) < 4.78 is 26.2. The molecule has 1 aromatic carbocycles. The summed E-state index contributed by atoms with van der Waals surface area (Å²) in [5.74, 6) is 0.0549. The van der Waals surface area contributed by atoms with Crippen molar-refractivity contribution >= 4 is 62.7 Å². The first-order valence-electron chi connectivity index (χ1n) is 4.83. The second-order valence-corrected chi connectivity index (χ2v) is 5.47. The Morgan fingerprint density at radius 1 is 1.15 bits per heavy atom. The van der Waals surface area contributed by atoms with Crippen LogP contribution in [-0.2, 0) is 10.0 Å². The summed E-state index contributed by atoms with van der Waals surface area (Å²) in [5, 5.41) is 0.104. The van der Waals surface area contributed by atoms with E-state index in [-0.39, 0.29) is 50.9 Å². The van der Waals surface area contributed by atoms with E-state index in [9.17, 15) is 8.42 Å². The van der Waals surface area contributed by atoms with Gasteiger partial charge in [-0.2, -0.15) is 0 Å². The van der Waals surface area contributed by atoms with Crippen LogP contribution in [0.15, 0.2) is 41.6 Å². The van der Waals surface area contributed by atoms with E-state index < -0.39 is 10.0 Å². The molecule has 1 heterocycles. The van der Waals surface area contributed by atoms with E-state index in [4.69, 9.17) is 17.3 Å². The zero-order chi connectivity index (χ0) is 13.2. The number of nitrogens with zero attached hydrogens (tertiary/aromatic N) is 2. The molecular weight excluding hydrogens is 315 g/mol. The molecule has 0 atom stereocenters. The van der Waals surface area contributed by atoms with Gasteiger partial charge in [0.05, 0.1) is 17.3 Å². The molecule has 0 fully saturated rings. The molecule has 0 radical (unpaired) electrons. The number of rotatable bonds is 3. The van der Waals surface area contributed by atoms with Crippen LogP contribution >= 0.6 is 11.6 Å². The first-order valence-corrected chi connectivity index (χ1v) is 6.69. The van der Waals surface area contributed by atoms with Gasteiger partial charge >= 0.3 is 29.6 Å². The van der Waals surface area contributed by atoms with Crippen LogP contribution in [0.1, 0.15) is 0 Å². The molecular formula is C10H12ClN4NaO3S. The summed E-state index contributed by atoms with van der Waals surface area (Å²) in [4.78, 5) is 7.61. The van der Waals surface area contributed by atoms with E-state index in [0.717, 1.165) is 0 Å². The molecule has 0 aliphatic heterocycles. The van der Waals surface area contributed by atoms with Gasteiger partial charge in [-0.25, -0.2) is 13.4 Å². The van der Waals surface area contributed by atoms with E-state index in [0.29, 0.717) is 5.69 Å². The van der Waals surface area contributed by atoms with E-state index in [1.54, 1.807) is 0 Å². The molecule has 0 bridgehead atoms. The topological polar surface area (TPSA) is 129 Å². The maximum atomic E-state index is 12.0.